The SMILES string of the molecule is C=CCCCC/C=C/CCCC/C=C/CCCCC[N+](C)(C)C. The van der Waals surface area contributed by atoms with E-state index in [1.54, 1.807) is 0 Å². The third-order valence-corrected chi connectivity index (χ3v) is 4.05. The van der Waals surface area contributed by atoms with Gasteiger partial charge in [-0.25, -0.2) is 0 Å². The van der Waals surface area contributed by atoms with Crippen molar-refractivity contribution < 1.29 is 4.48 Å². The van der Waals surface area contributed by atoms with Crippen molar-refractivity contribution in [1.29, 1.82) is 0 Å². The molecule has 0 aromatic rings. The van der Waals surface area contributed by atoms with Crippen LogP contribution in [-0.4, -0.2) is 32.2 Å². The van der Waals surface area contributed by atoms with Gasteiger partial charge in [0, 0.05) is 0 Å². The standard InChI is InChI=1S/C22H42N/c1-5-6-7-8-9-10-11-12-13-14-15-16-17-18-19-20-21-22-23(2,3)4/h5,10-11,16-17H,1,6-9,12-15,18-22H2,2-4H3/q+1/b11-10+,17-16+. The Balaban J connectivity index is 3.22. The van der Waals surface area contributed by atoms with Gasteiger partial charge in [0.05, 0.1) is 27.7 Å². The first kappa shape index (κ1) is 22.2. The van der Waals surface area contributed by atoms with Gasteiger partial charge in [-0.3, -0.25) is 0 Å². The van der Waals surface area contributed by atoms with Crippen LogP contribution in [0.1, 0.15) is 77.0 Å². The summed E-state index contributed by atoms with van der Waals surface area (Å²) in [5, 5.41) is 0. The van der Waals surface area contributed by atoms with E-state index in [9.17, 15) is 0 Å². The molecular weight excluding hydrogens is 278 g/mol. The summed E-state index contributed by atoms with van der Waals surface area (Å²) in [6.07, 6.45) is 27.0. The van der Waals surface area contributed by atoms with Crippen molar-refractivity contribution in [3.05, 3.63) is 37.0 Å². The Morgan fingerprint density at radius 3 is 1.35 bits per heavy atom. The highest BCUT2D eigenvalue weighted by atomic mass is 15.3. The minimum atomic E-state index is 1.10. The zero-order chi connectivity index (χ0) is 17.2. The van der Waals surface area contributed by atoms with Gasteiger partial charge in [-0.2, -0.15) is 0 Å². The van der Waals surface area contributed by atoms with Gasteiger partial charge in [-0.15, -0.1) is 6.58 Å². The Morgan fingerprint density at radius 1 is 0.565 bits per heavy atom. The Labute approximate surface area is 146 Å². The number of allylic oxidation sites excluding steroid dienone is 5. The van der Waals surface area contributed by atoms with E-state index in [2.05, 4.69) is 52.0 Å². The highest BCUT2D eigenvalue weighted by Gasteiger charge is 2.04. The van der Waals surface area contributed by atoms with Crippen LogP contribution in [0.2, 0.25) is 0 Å². The second kappa shape index (κ2) is 16.1. The number of nitrogens with zero attached hydrogens (tertiary/aromatic N) is 1. The average Bonchev–Trinajstić information content (AvgIpc) is 2.49. The molecule has 0 aliphatic rings. The molecule has 0 aliphatic heterocycles. The maximum absolute atomic E-state index is 3.75. The number of hydrogen-bond acceptors (Lipinski definition) is 0. The fourth-order valence-electron chi connectivity index (χ4n) is 2.57. The molecule has 0 radical (unpaired) electrons. The lowest BCUT2D eigenvalue weighted by molar-refractivity contribution is -0.870. The van der Waals surface area contributed by atoms with Gasteiger partial charge in [-0.05, 0) is 77.0 Å². The van der Waals surface area contributed by atoms with Crippen molar-refractivity contribution >= 4 is 0 Å². The van der Waals surface area contributed by atoms with E-state index in [1.807, 2.05) is 6.08 Å². The maximum Gasteiger partial charge on any atom is 0.0780 e. The van der Waals surface area contributed by atoms with E-state index in [4.69, 9.17) is 0 Å². The average molecular weight is 321 g/mol. The van der Waals surface area contributed by atoms with Crippen LogP contribution in [-0.2, 0) is 0 Å². The number of hydrogen-bond donors (Lipinski definition) is 0. The summed E-state index contributed by atoms with van der Waals surface area (Å²) in [6, 6.07) is 0. The van der Waals surface area contributed by atoms with Crippen LogP contribution >= 0.6 is 0 Å². The zero-order valence-corrected chi connectivity index (χ0v) is 16.2. The summed E-state index contributed by atoms with van der Waals surface area (Å²) in [5.74, 6) is 0. The smallest absolute Gasteiger partial charge is 0.0780 e. The first-order valence-corrected chi connectivity index (χ1v) is 9.77. The van der Waals surface area contributed by atoms with Crippen molar-refractivity contribution in [2.24, 2.45) is 0 Å². The molecule has 0 aromatic carbocycles. The molecule has 0 rings (SSSR count). The predicted octanol–water partition coefficient (Wildman–Crippen LogP) is 6.67. The molecule has 0 N–H and O–H groups in total. The number of quaternary nitrogens is 1. The van der Waals surface area contributed by atoms with Crippen molar-refractivity contribution in [2.75, 3.05) is 27.7 Å². The molecule has 0 saturated carbocycles. The highest BCUT2D eigenvalue weighted by molar-refractivity contribution is 4.84. The van der Waals surface area contributed by atoms with Crippen LogP contribution in [0, 0.1) is 0 Å². The minimum absolute atomic E-state index is 1.10. The van der Waals surface area contributed by atoms with Crippen molar-refractivity contribution in [3.8, 4) is 0 Å². The lowest BCUT2D eigenvalue weighted by Gasteiger charge is -2.23. The van der Waals surface area contributed by atoms with Crippen molar-refractivity contribution in [3.63, 3.8) is 0 Å². The molecule has 134 valence electrons. The Hall–Kier alpha value is -0.820. The molecule has 23 heavy (non-hydrogen) atoms. The van der Waals surface area contributed by atoms with Gasteiger partial charge >= 0.3 is 0 Å². The molecule has 0 spiro atoms. The van der Waals surface area contributed by atoms with Crippen LogP contribution in [0.5, 0.6) is 0 Å². The third kappa shape index (κ3) is 21.2. The molecule has 0 unspecified atom stereocenters. The zero-order valence-electron chi connectivity index (χ0n) is 16.2. The lowest BCUT2D eigenvalue weighted by Crippen LogP contribution is -2.35. The van der Waals surface area contributed by atoms with Gasteiger partial charge in [0.1, 0.15) is 0 Å². The largest absolute Gasteiger partial charge is 0.331 e. The molecule has 0 heterocycles. The molecule has 0 aliphatic carbocycles. The second-order valence-corrected chi connectivity index (χ2v) is 7.66. The molecule has 0 atom stereocenters. The third-order valence-electron chi connectivity index (χ3n) is 4.05. The summed E-state index contributed by atoms with van der Waals surface area (Å²) in [5.41, 5.74) is 0. The maximum atomic E-state index is 3.75. The first-order valence-electron chi connectivity index (χ1n) is 9.77. The van der Waals surface area contributed by atoms with Gasteiger partial charge in [-0.1, -0.05) is 30.4 Å². The highest BCUT2D eigenvalue weighted by Crippen LogP contribution is 2.07. The minimum Gasteiger partial charge on any atom is -0.331 e. The Morgan fingerprint density at radius 2 is 0.957 bits per heavy atom. The van der Waals surface area contributed by atoms with Crippen LogP contribution in [0.3, 0.4) is 0 Å². The van der Waals surface area contributed by atoms with Crippen molar-refractivity contribution in [2.45, 2.75) is 77.0 Å². The fraction of sp³-hybridized carbons (Fsp3) is 0.727. The Bertz CT molecular complexity index is 306. The van der Waals surface area contributed by atoms with Gasteiger partial charge in [0.25, 0.3) is 0 Å². The molecule has 0 amide bonds. The van der Waals surface area contributed by atoms with Gasteiger partial charge in [0.15, 0.2) is 0 Å². The normalized spacial score (nSPS) is 12.5. The van der Waals surface area contributed by atoms with E-state index in [0.29, 0.717) is 0 Å². The molecule has 0 bridgehead atoms. The van der Waals surface area contributed by atoms with E-state index >= 15 is 0 Å². The van der Waals surface area contributed by atoms with E-state index in [-0.39, 0.29) is 0 Å². The first-order chi connectivity index (χ1) is 11.1. The molecule has 0 saturated heterocycles. The topological polar surface area (TPSA) is 0 Å². The summed E-state index contributed by atoms with van der Waals surface area (Å²) < 4.78 is 1.10. The molecular formula is C22H42N+. The van der Waals surface area contributed by atoms with E-state index < -0.39 is 0 Å². The predicted molar refractivity (Wildman–Crippen MR) is 107 cm³/mol. The van der Waals surface area contributed by atoms with Crippen molar-refractivity contribution in [1.82, 2.24) is 0 Å². The fourth-order valence-corrected chi connectivity index (χ4v) is 2.57. The van der Waals surface area contributed by atoms with Crippen LogP contribution < -0.4 is 0 Å². The molecule has 1 heteroatoms. The van der Waals surface area contributed by atoms with E-state index in [0.717, 1.165) is 10.9 Å². The second-order valence-electron chi connectivity index (χ2n) is 7.66. The number of unbranched alkanes of at least 4 members (excludes halogenated alkanes) is 9. The summed E-state index contributed by atoms with van der Waals surface area (Å²) in [6.45, 7) is 5.05. The van der Waals surface area contributed by atoms with Gasteiger partial charge in [0.2, 0.25) is 0 Å². The van der Waals surface area contributed by atoms with E-state index in [1.165, 1.54) is 77.2 Å². The molecule has 0 fully saturated rings. The number of rotatable bonds is 16. The molecule has 1 nitrogen and oxygen atoms in total. The quantitative estimate of drug-likeness (QED) is 0.169. The summed E-state index contributed by atoms with van der Waals surface area (Å²) >= 11 is 0. The monoisotopic (exact) mass is 320 g/mol. The van der Waals surface area contributed by atoms with Crippen LogP contribution in [0.15, 0.2) is 37.0 Å². The summed E-state index contributed by atoms with van der Waals surface area (Å²) in [7, 11) is 6.83. The molecule has 0 aromatic heterocycles. The lowest BCUT2D eigenvalue weighted by atomic mass is 10.1. The summed E-state index contributed by atoms with van der Waals surface area (Å²) in [4.78, 5) is 0. The van der Waals surface area contributed by atoms with Crippen LogP contribution in [0.4, 0.5) is 0 Å². The Kier molecular flexibility index (Phi) is 15.5. The van der Waals surface area contributed by atoms with Crippen LogP contribution in [0.25, 0.3) is 0 Å². The van der Waals surface area contributed by atoms with Gasteiger partial charge < -0.3 is 4.48 Å².